The first-order valence-electron chi connectivity index (χ1n) is 10.6. The largest absolute Gasteiger partial charge is 0.374 e. The van der Waals surface area contributed by atoms with Crippen LogP contribution in [0.2, 0.25) is 0 Å². The molecule has 1 aliphatic rings. The fourth-order valence-corrected chi connectivity index (χ4v) is 4.59. The van der Waals surface area contributed by atoms with E-state index in [0.29, 0.717) is 11.1 Å². The molecule has 0 saturated carbocycles. The molecule has 0 bridgehead atoms. The Morgan fingerprint density at radius 2 is 2.03 bits per heavy atom. The molecule has 0 fully saturated rings. The van der Waals surface area contributed by atoms with Crippen molar-refractivity contribution in [3.63, 3.8) is 0 Å². The lowest BCUT2D eigenvalue weighted by Crippen LogP contribution is -2.25. The number of fused-ring (bicyclic) bond motifs is 2. The van der Waals surface area contributed by atoms with E-state index < -0.39 is 12.7 Å². The molecule has 1 aliphatic heterocycles. The van der Waals surface area contributed by atoms with Crippen LogP contribution < -0.4 is 10.2 Å². The van der Waals surface area contributed by atoms with E-state index in [-0.39, 0.29) is 5.56 Å². The highest BCUT2D eigenvalue weighted by Gasteiger charge is 2.25. The molecule has 6 nitrogen and oxygen atoms in total. The van der Waals surface area contributed by atoms with Crippen LogP contribution in [-0.4, -0.2) is 33.5 Å². The van der Waals surface area contributed by atoms with Gasteiger partial charge in [0.2, 0.25) is 0 Å². The van der Waals surface area contributed by atoms with Gasteiger partial charge in [-0.15, -0.1) is 0 Å². The van der Waals surface area contributed by atoms with Crippen molar-refractivity contribution >= 4 is 22.3 Å². The number of aromatic amines is 1. The van der Waals surface area contributed by atoms with Crippen LogP contribution in [0.3, 0.4) is 0 Å². The summed E-state index contributed by atoms with van der Waals surface area (Å²) in [6, 6.07) is 9.48. The van der Waals surface area contributed by atoms with Gasteiger partial charge in [-0.2, -0.15) is 5.10 Å². The van der Waals surface area contributed by atoms with Crippen molar-refractivity contribution in [1.82, 2.24) is 20.1 Å². The van der Waals surface area contributed by atoms with Gasteiger partial charge in [0.25, 0.3) is 6.43 Å². The minimum atomic E-state index is -2.59. The van der Waals surface area contributed by atoms with Crippen LogP contribution in [0.15, 0.2) is 48.9 Å². The molecule has 3 N–H and O–H groups in total. The van der Waals surface area contributed by atoms with E-state index in [2.05, 4.69) is 20.3 Å². The highest BCUT2D eigenvalue weighted by molar-refractivity contribution is 5.88. The average molecular weight is 437 g/mol. The number of aliphatic hydroxyl groups excluding tert-OH is 1. The summed E-state index contributed by atoms with van der Waals surface area (Å²) in [5.41, 5.74) is 5.68. The molecule has 166 valence electrons. The summed E-state index contributed by atoms with van der Waals surface area (Å²) >= 11 is 0. The van der Waals surface area contributed by atoms with Gasteiger partial charge in [0.15, 0.2) is 0 Å². The monoisotopic (exact) mass is 437 g/mol. The molecule has 32 heavy (non-hydrogen) atoms. The number of hydrogen-bond acceptors (Lipinski definition) is 4. The molecule has 0 amide bonds. The van der Waals surface area contributed by atoms with Crippen molar-refractivity contribution in [3.8, 4) is 11.1 Å². The van der Waals surface area contributed by atoms with Crippen molar-refractivity contribution in [2.45, 2.75) is 25.5 Å². The van der Waals surface area contributed by atoms with Crippen LogP contribution in [0.4, 0.5) is 20.2 Å². The van der Waals surface area contributed by atoms with Crippen molar-refractivity contribution in [1.29, 1.82) is 0 Å². The minimum Gasteiger partial charge on any atom is -0.374 e. The van der Waals surface area contributed by atoms with Gasteiger partial charge in [-0.05, 0) is 61.3 Å². The number of halogens is 2. The first-order valence-corrected chi connectivity index (χ1v) is 10.6. The van der Waals surface area contributed by atoms with Gasteiger partial charge >= 0.3 is 0 Å². The number of anilines is 2. The second kappa shape index (κ2) is 8.03. The van der Waals surface area contributed by atoms with Gasteiger partial charge < -0.3 is 15.0 Å². The van der Waals surface area contributed by atoms with Crippen LogP contribution in [0.5, 0.6) is 0 Å². The van der Waals surface area contributed by atoms with E-state index in [1.807, 2.05) is 24.3 Å². The molecule has 8 heteroatoms. The number of aliphatic hydroxyl groups is 1. The minimum absolute atomic E-state index is 0.0117. The number of alkyl halides is 2. The summed E-state index contributed by atoms with van der Waals surface area (Å²) in [5, 5.41) is 18.2. The first kappa shape index (κ1) is 20.7. The number of nitrogens with zero attached hydrogens (tertiary/aromatic N) is 3. The Kier molecular flexibility index (Phi) is 5.19. The maximum atomic E-state index is 14.1. The topological polar surface area (TPSA) is 69.1 Å². The van der Waals surface area contributed by atoms with Gasteiger partial charge in [0.1, 0.15) is 6.23 Å². The lowest BCUT2D eigenvalue weighted by Gasteiger charge is -2.32. The number of benzene rings is 2. The molecule has 0 radical (unpaired) electrons. The molecule has 0 spiro atoms. The van der Waals surface area contributed by atoms with E-state index in [9.17, 15) is 13.9 Å². The van der Waals surface area contributed by atoms with Gasteiger partial charge in [0, 0.05) is 65.0 Å². The van der Waals surface area contributed by atoms with Crippen molar-refractivity contribution < 1.29 is 13.9 Å². The lowest BCUT2D eigenvalue weighted by molar-refractivity contribution is 0.150. The summed E-state index contributed by atoms with van der Waals surface area (Å²) in [4.78, 5) is 5.28. The van der Waals surface area contributed by atoms with E-state index >= 15 is 0 Å². The van der Waals surface area contributed by atoms with Crippen LogP contribution >= 0.6 is 0 Å². The second-order valence-corrected chi connectivity index (χ2v) is 8.19. The SMILES string of the molecule is CNC(O)c1c[nH]c2ccc(N3CCCc4cc(-c5cnn(C)c5)c(C(F)F)cc43)cc12. The lowest BCUT2D eigenvalue weighted by atomic mass is 9.92. The Labute approximate surface area is 184 Å². The maximum Gasteiger partial charge on any atom is 0.264 e. The Morgan fingerprint density at radius 1 is 1.19 bits per heavy atom. The summed E-state index contributed by atoms with van der Waals surface area (Å²) < 4.78 is 29.8. The maximum absolute atomic E-state index is 14.1. The highest BCUT2D eigenvalue weighted by atomic mass is 19.3. The predicted molar refractivity (Wildman–Crippen MR) is 121 cm³/mol. The Bertz CT molecular complexity index is 1280. The third-order valence-electron chi connectivity index (χ3n) is 6.20. The van der Waals surface area contributed by atoms with Crippen LogP contribution in [0.25, 0.3) is 22.0 Å². The number of nitrogens with one attached hydrogen (secondary N) is 2. The zero-order chi connectivity index (χ0) is 22.4. The Hall–Kier alpha value is -3.23. The number of rotatable bonds is 5. The number of aromatic nitrogens is 3. The van der Waals surface area contributed by atoms with Crippen molar-refractivity contribution in [3.05, 3.63) is 65.6 Å². The zero-order valence-electron chi connectivity index (χ0n) is 17.9. The number of H-pyrrole nitrogens is 1. The smallest absolute Gasteiger partial charge is 0.264 e. The fraction of sp³-hybridized carbons (Fsp3) is 0.292. The average Bonchev–Trinajstić information content (AvgIpc) is 3.43. The van der Waals surface area contributed by atoms with E-state index in [0.717, 1.165) is 52.8 Å². The molecule has 3 heterocycles. The Morgan fingerprint density at radius 3 is 2.75 bits per heavy atom. The standard InChI is InChI=1S/C24H25F2N5O/c1-27-24(32)20-12-28-21-6-5-16(9-18(20)21)31-7-3-4-14-8-17(15-11-29-30(2)13-15)19(23(25)26)10-22(14)31/h5-6,8-13,23-24,27-28,32H,3-4,7H2,1-2H3. The summed E-state index contributed by atoms with van der Waals surface area (Å²) in [7, 11) is 3.47. The van der Waals surface area contributed by atoms with Crippen LogP contribution in [0.1, 0.15) is 35.8 Å². The first-order chi connectivity index (χ1) is 15.5. The highest BCUT2D eigenvalue weighted by Crippen LogP contribution is 2.42. The molecule has 2 aromatic heterocycles. The van der Waals surface area contributed by atoms with Crippen molar-refractivity contribution in [2.75, 3.05) is 18.5 Å². The number of hydrogen-bond donors (Lipinski definition) is 3. The molecule has 0 saturated heterocycles. The number of aryl methyl sites for hydroxylation is 2. The van der Waals surface area contributed by atoms with Gasteiger partial charge in [-0.25, -0.2) is 8.78 Å². The van der Waals surface area contributed by atoms with Gasteiger partial charge in [-0.3, -0.25) is 10.00 Å². The molecule has 0 aliphatic carbocycles. The van der Waals surface area contributed by atoms with E-state index in [4.69, 9.17) is 0 Å². The molecule has 2 aromatic carbocycles. The van der Waals surface area contributed by atoms with Crippen LogP contribution in [-0.2, 0) is 13.5 Å². The molecule has 1 unspecified atom stereocenters. The Balaban J connectivity index is 1.62. The third kappa shape index (κ3) is 3.45. The molecule has 1 atom stereocenters. The third-order valence-corrected chi connectivity index (χ3v) is 6.20. The quantitative estimate of drug-likeness (QED) is 0.392. The van der Waals surface area contributed by atoms with Gasteiger partial charge in [0.05, 0.1) is 6.20 Å². The van der Waals surface area contributed by atoms with Gasteiger partial charge in [-0.1, -0.05) is 0 Å². The molecule has 5 rings (SSSR count). The molecule has 4 aromatic rings. The molecular weight excluding hydrogens is 412 g/mol. The zero-order valence-corrected chi connectivity index (χ0v) is 17.9. The van der Waals surface area contributed by atoms with E-state index in [1.54, 1.807) is 43.4 Å². The summed E-state index contributed by atoms with van der Waals surface area (Å²) in [6.45, 7) is 0.738. The second-order valence-electron chi connectivity index (χ2n) is 8.19. The summed E-state index contributed by atoms with van der Waals surface area (Å²) in [6.07, 6.45) is 3.55. The molecular formula is C24H25F2N5O. The van der Waals surface area contributed by atoms with E-state index in [1.165, 1.54) is 0 Å². The summed E-state index contributed by atoms with van der Waals surface area (Å²) in [5.74, 6) is 0. The fourth-order valence-electron chi connectivity index (χ4n) is 4.59. The predicted octanol–water partition coefficient (Wildman–Crippen LogP) is 4.80. The van der Waals surface area contributed by atoms with Crippen molar-refractivity contribution in [2.24, 2.45) is 7.05 Å². The normalized spacial score (nSPS) is 14.9. The van der Waals surface area contributed by atoms with Crippen LogP contribution in [0, 0.1) is 0 Å².